The molecule has 0 aromatic rings. The third-order valence-electron chi connectivity index (χ3n) is 3.36. The van der Waals surface area contributed by atoms with E-state index in [2.05, 4.69) is 10.6 Å². The molecule has 0 aromatic carbocycles. The Bertz CT molecular complexity index is 292. The molecule has 104 valence electrons. The van der Waals surface area contributed by atoms with Gasteiger partial charge in [0, 0.05) is 39.8 Å². The first kappa shape index (κ1) is 14.9. The third-order valence-corrected chi connectivity index (χ3v) is 3.36. The van der Waals surface area contributed by atoms with Crippen molar-refractivity contribution >= 4 is 11.8 Å². The van der Waals surface area contributed by atoms with Crippen molar-refractivity contribution in [1.29, 1.82) is 0 Å². The quantitative estimate of drug-likeness (QED) is 0.654. The van der Waals surface area contributed by atoms with Crippen LogP contribution in [0.1, 0.15) is 13.8 Å². The van der Waals surface area contributed by atoms with E-state index in [0.29, 0.717) is 26.2 Å². The summed E-state index contributed by atoms with van der Waals surface area (Å²) in [6, 6.07) is -0.247. The highest BCUT2D eigenvalue weighted by atomic mass is 16.2. The Morgan fingerprint density at radius 1 is 1.39 bits per heavy atom. The van der Waals surface area contributed by atoms with Gasteiger partial charge in [0.05, 0.1) is 6.54 Å². The Labute approximate surface area is 109 Å². The zero-order valence-electron chi connectivity index (χ0n) is 11.5. The Morgan fingerprint density at radius 2 is 2.06 bits per heavy atom. The molecule has 0 radical (unpaired) electrons. The Morgan fingerprint density at radius 3 is 2.61 bits per heavy atom. The maximum atomic E-state index is 12.1. The molecule has 1 saturated heterocycles. The number of piperazine rings is 1. The Kier molecular flexibility index (Phi) is 6.07. The van der Waals surface area contributed by atoms with Crippen molar-refractivity contribution < 1.29 is 9.59 Å². The number of nitrogens with zero attached hydrogens (tertiary/aromatic N) is 2. The minimum atomic E-state index is -0.247. The lowest BCUT2D eigenvalue weighted by Crippen LogP contribution is -2.59. The van der Waals surface area contributed by atoms with Crippen molar-refractivity contribution in [1.82, 2.24) is 20.4 Å². The smallest absolute Gasteiger partial charge is 0.238 e. The highest BCUT2D eigenvalue weighted by Gasteiger charge is 2.29. The molecule has 6 heteroatoms. The zero-order valence-corrected chi connectivity index (χ0v) is 11.5. The summed E-state index contributed by atoms with van der Waals surface area (Å²) >= 11 is 0. The first-order valence-corrected chi connectivity index (χ1v) is 6.58. The van der Waals surface area contributed by atoms with Crippen LogP contribution in [0.5, 0.6) is 0 Å². The number of likely N-dealkylation sites (N-methyl/N-ethyl adjacent to an activating group) is 2. The van der Waals surface area contributed by atoms with Gasteiger partial charge in [-0.2, -0.15) is 0 Å². The van der Waals surface area contributed by atoms with Crippen LogP contribution in [0.4, 0.5) is 0 Å². The van der Waals surface area contributed by atoms with Crippen LogP contribution in [-0.2, 0) is 9.59 Å². The first-order chi connectivity index (χ1) is 8.63. The van der Waals surface area contributed by atoms with Gasteiger partial charge in [-0.1, -0.05) is 0 Å². The predicted octanol–water partition coefficient (Wildman–Crippen LogP) is -1.13. The van der Waals surface area contributed by atoms with Crippen molar-refractivity contribution in [3.8, 4) is 0 Å². The van der Waals surface area contributed by atoms with E-state index in [1.54, 1.807) is 11.9 Å². The second-order valence-electron chi connectivity index (χ2n) is 4.37. The van der Waals surface area contributed by atoms with Gasteiger partial charge in [0.1, 0.15) is 6.04 Å². The molecule has 1 heterocycles. The molecule has 6 nitrogen and oxygen atoms in total. The van der Waals surface area contributed by atoms with Gasteiger partial charge < -0.3 is 15.5 Å². The standard InChI is InChI=1S/C12H24N4O2/c1-4-15(5-2)11(17)9-16-7-6-14-8-10(16)12(18)13-3/h10,14H,4-9H2,1-3H3,(H,13,18). The Hall–Kier alpha value is -1.14. The molecule has 1 rings (SSSR count). The molecule has 1 fully saturated rings. The summed E-state index contributed by atoms with van der Waals surface area (Å²) in [4.78, 5) is 27.6. The molecular formula is C12H24N4O2. The molecular weight excluding hydrogens is 232 g/mol. The third kappa shape index (κ3) is 3.68. The molecule has 2 N–H and O–H groups in total. The lowest BCUT2D eigenvalue weighted by molar-refractivity contribution is -0.135. The maximum Gasteiger partial charge on any atom is 0.238 e. The summed E-state index contributed by atoms with van der Waals surface area (Å²) in [5.74, 6) is 0.0605. The molecule has 0 saturated carbocycles. The van der Waals surface area contributed by atoms with Gasteiger partial charge in [0.25, 0.3) is 0 Å². The number of carbonyl (C=O) groups is 2. The van der Waals surface area contributed by atoms with E-state index in [9.17, 15) is 9.59 Å². The van der Waals surface area contributed by atoms with Crippen LogP contribution < -0.4 is 10.6 Å². The van der Waals surface area contributed by atoms with Crippen LogP contribution in [0.25, 0.3) is 0 Å². The van der Waals surface area contributed by atoms with Gasteiger partial charge in [-0.25, -0.2) is 0 Å². The van der Waals surface area contributed by atoms with E-state index in [4.69, 9.17) is 0 Å². The van der Waals surface area contributed by atoms with Gasteiger partial charge in [-0.3, -0.25) is 14.5 Å². The van der Waals surface area contributed by atoms with Crippen LogP contribution in [-0.4, -0.2) is 74.0 Å². The monoisotopic (exact) mass is 256 g/mol. The summed E-state index contributed by atoms with van der Waals surface area (Å²) < 4.78 is 0. The molecule has 18 heavy (non-hydrogen) atoms. The van der Waals surface area contributed by atoms with E-state index < -0.39 is 0 Å². The summed E-state index contributed by atoms with van der Waals surface area (Å²) in [5.41, 5.74) is 0. The number of amides is 2. The van der Waals surface area contributed by atoms with Crippen molar-refractivity contribution in [2.45, 2.75) is 19.9 Å². The van der Waals surface area contributed by atoms with Crippen LogP contribution in [0.3, 0.4) is 0 Å². The summed E-state index contributed by atoms with van der Waals surface area (Å²) in [6.45, 7) is 7.83. The first-order valence-electron chi connectivity index (χ1n) is 6.58. The molecule has 0 aliphatic carbocycles. The molecule has 1 aliphatic heterocycles. The fraction of sp³-hybridized carbons (Fsp3) is 0.833. The number of nitrogens with one attached hydrogen (secondary N) is 2. The van der Waals surface area contributed by atoms with E-state index in [1.165, 1.54) is 0 Å². The van der Waals surface area contributed by atoms with Gasteiger partial charge in [-0.15, -0.1) is 0 Å². The average Bonchev–Trinajstić information content (AvgIpc) is 2.40. The lowest BCUT2D eigenvalue weighted by atomic mass is 10.1. The fourth-order valence-electron chi connectivity index (χ4n) is 2.21. The van der Waals surface area contributed by atoms with Crippen LogP contribution >= 0.6 is 0 Å². The second-order valence-corrected chi connectivity index (χ2v) is 4.37. The normalized spacial score (nSPS) is 20.5. The van der Waals surface area contributed by atoms with Gasteiger partial charge in [-0.05, 0) is 13.8 Å². The van der Waals surface area contributed by atoms with E-state index in [0.717, 1.165) is 13.1 Å². The van der Waals surface area contributed by atoms with E-state index in [1.807, 2.05) is 18.7 Å². The highest BCUT2D eigenvalue weighted by molar-refractivity contribution is 5.83. The molecule has 0 aromatic heterocycles. The van der Waals surface area contributed by atoms with Gasteiger partial charge in [0.2, 0.25) is 11.8 Å². The summed E-state index contributed by atoms with van der Waals surface area (Å²) in [7, 11) is 1.63. The van der Waals surface area contributed by atoms with Crippen molar-refractivity contribution in [3.63, 3.8) is 0 Å². The van der Waals surface area contributed by atoms with Gasteiger partial charge >= 0.3 is 0 Å². The van der Waals surface area contributed by atoms with E-state index in [-0.39, 0.29) is 17.9 Å². The highest BCUT2D eigenvalue weighted by Crippen LogP contribution is 2.04. The molecule has 1 atom stereocenters. The number of hydrogen-bond donors (Lipinski definition) is 2. The summed E-state index contributed by atoms with van der Waals surface area (Å²) in [6.07, 6.45) is 0. The average molecular weight is 256 g/mol. The SMILES string of the molecule is CCN(CC)C(=O)CN1CCNCC1C(=O)NC. The second kappa shape index (κ2) is 7.33. The number of carbonyl (C=O) groups excluding carboxylic acids is 2. The molecule has 2 amide bonds. The molecule has 1 aliphatic rings. The largest absolute Gasteiger partial charge is 0.358 e. The predicted molar refractivity (Wildman–Crippen MR) is 70.2 cm³/mol. The molecule has 0 bridgehead atoms. The Balaban J connectivity index is 2.61. The fourth-order valence-corrected chi connectivity index (χ4v) is 2.21. The number of hydrogen-bond acceptors (Lipinski definition) is 4. The molecule has 1 unspecified atom stereocenters. The summed E-state index contributed by atoms with van der Waals surface area (Å²) in [5, 5.41) is 5.83. The number of rotatable bonds is 5. The topological polar surface area (TPSA) is 64.7 Å². The van der Waals surface area contributed by atoms with Crippen LogP contribution in [0.2, 0.25) is 0 Å². The maximum absolute atomic E-state index is 12.1. The van der Waals surface area contributed by atoms with Crippen LogP contribution in [0, 0.1) is 0 Å². The zero-order chi connectivity index (χ0) is 13.5. The van der Waals surface area contributed by atoms with Crippen LogP contribution in [0.15, 0.2) is 0 Å². The minimum Gasteiger partial charge on any atom is -0.358 e. The van der Waals surface area contributed by atoms with Gasteiger partial charge in [0.15, 0.2) is 0 Å². The van der Waals surface area contributed by atoms with Crippen molar-refractivity contribution in [3.05, 3.63) is 0 Å². The minimum absolute atomic E-state index is 0.0328. The molecule has 0 spiro atoms. The van der Waals surface area contributed by atoms with Crippen molar-refractivity contribution in [2.24, 2.45) is 0 Å². The lowest BCUT2D eigenvalue weighted by Gasteiger charge is -2.35. The van der Waals surface area contributed by atoms with E-state index >= 15 is 0 Å². The van der Waals surface area contributed by atoms with Crippen molar-refractivity contribution in [2.75, 3.05) is 46.3 Å².